The highest BCUT2D eigenvalue weighted by molar-refractivity contribution is 5.86. The van der Waals surface area contributed by atoms with Gasteiger partial charge in [0.1, 0.15) is 0 Å². The van der Waals surface area contributed by atoms with Crippen LogP contribution in [-0.4, -0.2) is 31.9 Å². The Morgan fingerprint density at radius 3 is 2.91 bits per heavy atom. The van der Waals surface area contributed by atoms with Crippen molar-refractivity contribution in [1.29, 1.82) is 0 Å². The second-order valence-corrected chi connectivity index (χ2v) is 6.43. The largest absolute Gasteiger partial charge is 0.336 e. The first-order valence-electron chi connectivity index (χ1n) is 7.96. The van der Waals surface area contributed by atoms with Crippen molar-refractivity contribution < 1.29 is 4.79 Å². The van der Waals surface area contributed by atoms with E-state index in [9.17, 15) is 4.79 Å². The number of carbonyl (C=O) groups is 1. The van der Waals surface area contributed by atoms with Crippen LogP contribution in [0.3, 0.4) is 0 Å². The molecule has 1 amide bonds. The Morgan fingerprint density at radius 2 is 2.23 bits per heavy atom. The third kappa shape index (κ3) is 2.30. The van der Waals surface area contributed by atoms with Gasteiger partial charge in [-0.1, -0.05) is 6.07 Å². The van der Waals surface area contributed by atoms with Crippen LogP contribution in [0, 0.1) is 5.41 Å². The van der Waals surface area contributed by atoms with E-state index in [-0.39, 0.29) is 11.5 Å². The van der Waals surface area contributed by atoms with Gasteiger partial charge < -0.3 is 9.47 Å². The van der Waals surface area contributed by atoms with E-state index in [4.69, 9.17) is 0 Å². The van der Waals surface area contributed by atoms with Crippen molar-refractivity contribution in [1.82, 2.24) is 19.4 Å². The molecule has 3 heterocycles. The third-order valence-electron chi connectivity index (χ3n) is 4.89. The van der Waals surface area contributed by atoms with Crippen molar-refractivity contribution in [3.8, 4) is 0 Å². The van der Waals surface area contributed by atoms with Crippen LogP contribution in [0.15, 0.2) is 43.1 Å². The Balaban J connectivity index is 1.54. The first-order chi connectivity index (χ1) is 10.8. The summed E-state index contributed by atoms with van der Waals surface area (Å²) < 4.78 is 2.02. The molecule has 0 unspecified atom stereocenters. The van der Waals surface area contributed by atoms with E-state index in [2.05, 4.69) is 14.9 Å². The van der Waals surface area contributed by atoms with Gasteiger partial charge in [-0.15, -0.1) is 0 Å². The predicted molar refractivity (Wildman–Crippen MR) is 81.8 cm³/mol. The zero-order valence-corrected chi connectivity index (χ0v) is 12.6. The number of likely N-dealkylation sites (tertiary alicyclic amines) is 1. The molecule has 5 heteroatoms. The molecule has 2 fully saturated rings. The fourth-order valence-electron chi connectivity index (χ4n) is 3.52. The Morgan fingerprint density at radius 1 is 1.32 bits per heavy atom. The summed E-state index contributed by atoms with van der Waals surface area (Å²) in [5.41, 5.74) is 0.810. The predicted octanol–water partition coefficient (Wildman–Crippen LogP) is 2.42. The van der Waals surface area contributed by atoms with E-state index in [0.29, 0.717) is 5.91 Å². The molecule has 1 aliphatic heterocycles. The molecule has 0 aromatic carbocycles. The summed E-state index contributed by atoms with van der Waals surface area (Å²) in [5, 5.41) is 0. The lowest BCUT2D eigenvalue weighted by molar-refractivity contribution is -0.138. The summed E-state index contributed by atoms with van der Waals surface area (Å²) in [6.45, 7) is 1.60. The van der Waals surface area contributed by atoms with Crippen LogP contribution in [0.2, 0.25) is 0 Å². The Kier molecular flexibility index (Phi) is 3.21. The molecular formula is C17H20N4O. The number of pyridine rings is 1. The van der Waals surface area contributed by atoms with Crippen LogP contribution < -0.4 is 0 Å². The molecule has 0 spiro atoms. The Labute approximate surface area is 130 Å². The average Bonchev–Trinajstić information content (AvgIpc) is 2.97. The Bertz CT molecular complexity index is 649. The number of rotatable bonds is 4. The number of aromatic nitrogens is 3. The van der Waals surface area contributed by atoms with E-state index >= 15 is 0 Å². The van der Waals surface area contributed by atoms with Gasteiger partial charge in [-0.3, -0.25) is 9.78 Å². The van der Waals surface area contributed by atoms with Gasteiger partial charge in [-0.2, -0.15) is 0 Å². The lowest BCUT2D eigenvalue weighted by Crippen LogP contribution is -2.38. The molecule has 2 aliphatic rings. The van der Waals surface area contributed by atoms with Crippen molar-refractivity contribution in [3.05, 3.63) is 48.8 Å². The summed E-state index contributed by atoms with van der Waals surface area (Å²) in [5.74, 6) is 0.300. The zero-order chi connectivity index (χ0) is 15.0. The van der Waals surface area contributed by atoms with Gasteiger partial charge in [-0.25, -0.2) is 4.98 Å². The fourth-order valence-corrected chi connectivity index (χ4v) is 3.52. The van der Waals surface area contributed by atoms with Gasteiger partial charge in [0.2, 0.25) is 5.91 Å². The van der Waals surface area contributed by atoms with Crippen molar-refractivity contribution in [2.45, 2.75) is 38.3 Å². The smallest absolute Gasteiger partial charge is 0.231 e. The molecular weight excluding hydrogens is 276 g/mol. The first-order valence-corrected chi connectivity index (χ1v) is 7.96. The summed E-state index contributed by atoms with van der Waals surface area (Å²) in [6, 6.07) is 6.10. The molecule has 1 atom stereocenters. The van der Waals surface area contributed by atoms with Gasteiger partial charge in [0.25, 0.3) is 0 Å². The second-order valence-electron chi connectivity index (χ2n) is 6.43. The summed E-state index contributed by atoms with van der Waals surface area (Å²) in [7, 11) is 0. The second kappa shape index (κ2) is 5.23. The van der Waals surface area contributed by atoms with Crippen molar-refractivity contribution in [3.63, 3.8) is 0 Å². The van der Waals surface area contributed by atoms with E-state index in [0.717, 1.165) is 44.5 Å². The van der Waals surface area contributed by atoms with E-state index in [1.807, 2.05) is 35.2 Å². The molecule has 5 nitrogen and oxygen atoms in total. The average molecular weight is 296 g/mol. The van der Waals surface area contributed by atoms with Gasteiger partial charge in [-0.05, 0) is 37.8 Å². The molecule has 2 aromatic rings. The lowest BCUT2D eigenvalue weighted by Gasteiger charge is -2.29. The summed E-state index contributed by atoms with van der Waals surface area (Å²) in [4.78, 5) is 23.7. The summed E-state index contributed by atoms with van der Waals surface area (Å²) >= 11 is 0. The molecule has 114 valence electrons. The van der Waals surface area contributed by atoms with Crippen LogP contribution in [0.5, 0.6) is 0 Å². The van der Waals surface area contributed by atoms with Gasteiger partial charge in [0.05, 0.1) is 23.5 Å². The maximum Gasteiger partial charge on any atom is 0.231 e. The van der Waals surface area contributed by atoms with Crippen LogP contribution >= 0.6 is 0 Å². The van der Waals surface area contributed by atoms with E-state index < -0.39 is 0 Å². The normalized spacial score (nSPS) is 22.7. The highest BCUT2D eigenvalue weighted by Crippen LogP contribution is 2.50. The lowest BCUT2D eigenvalue weighted by atomic mass is 10.0. The van der Waals surface area contributed by atoms with Gasteiger partial charge in [0.15, 0.2) is 0 Å². The maximum atomic E-state index is 13.1. The minimum atomic E-state index is -0.210. The monoisotopic (exact) mass is 296 g/mol. The van der Waals surface area contributed by atoms with Crippen LogP contribution in [0.1, 0.15) is 37.4 Å². The molecule has 0 N–H and O–H groups in total. The highest BCUT2D eigenvalue weighted by atomic mass is 16.2. The van der Waals surface area contributed by atoms with Crippen molar-refractivity contribution >= 4 is 5.91 Å². The number of hydrogen-bond donors (Lipinski definition) is 0. The third-order valence-corrected chi connectivity index (χ3v) is 4.89. The van der Waals surface area contributed by atoms with E-state index in [1.165, 1.54) is 0 Å². The van der Waals surface area contributed by atoms with Gasteiger partial charge >= 0.3 is 0 Å². The molecule has 2 aromatic heterocycles. The van der Waals surface area contributed by atoms with Gasteiger partial charge in [0, 0.05) is 31.7 Å². The standard InChI is InChI=1S/C17H20N4O/c22-16(17(6-7-17)12-20-11-9-18-13-20)21-10-3-5-15(21)14-4-1-2-8-19-14/h1-2,4,8-9,11,13,15H,3,5-7,10,12H2/t15-/m0/s1. The SMILES string of the molecule is O=C(N1CCC[C@H]1c1ccccn1)C1(Cn2ccnc2)CC1. The fraction of sp³-hybridized carbons (Fsp3) is 0.471. The molecule has 1 saturated heterocycles. The number of hydrogen-bond acceptors (Lipinski definition) is 3. The van der Waals surface area contributed by atoms with Crippen molar-refractivity contribution in [2.24, 2.45) is 5.41 Å². The van der Waals surface area contributed by atoms with E-state index in [1.54, 1.807) is 12.5 Å². The van der Waals surface area contributed by atoms with Crippen molar-refractivity contribution in [2.75, 3.05) is 6.54 Å². The number of amides is 1. The van der Waals surface area contributed by atoms with Crippen LogP contribution in [0.25, 0.3) is 0 Å². The first kappa shape index (κ1) is 13.5. The number of imidazole rings is 1. The molecule has 4 rings (SSSR count). The quantitative estimate of drug-likeness (QED) is 0.870. The minimum absolute atomic E-state index is 0.147. The Hall–Kier alpha value is -2.17. The topological polar surface area (TPSA) is 51.0 Å². The number of carbonyl (C=O) groups excluding carboxylic acids is 1. The maximum absolute atomic E-state index is 13.1. The molecule has 1 aliphatic carbocycles. The van der Waals surface area contributed by atoms with Crippen LogP contribution in [0.4, 0.5) is 0 Å². The molecule has 0 bridgehead atoms. The zero-order valence-electron chi connectivity index (χ0n) is 12.6. The minimum Gasteiger partial charge on any atom is -0.336 e. The molecule has 0 radical (unpaired) electrons. The highest BCUT2D eigenvalue weighted by Gasteiger charge is 2.53. The molecule has 1 saturated carbocycles. The number of nitrogens with zero attached hydrogens (tertiary/aromatic N) is 4. The summed E-state index contributed by atoms with van der Waals surface area (Å²) in [6.07, 6.45) is 11.4. The molecule has 22 heavy (non-hydrogen) atoms. The van der Waals surface area contributed by atoms with Crippen LogP contribution in [-0.2, 0) is 11.3 Å².